The Kier molecular flexibility index (Phi) is 3.95. The van der Waals surface area contributed by atoms with Gasteiger partial charge >= 0.3 is 5.97 Å². The molecule has 5 nitrogen and oxygen atoms in total. The Labute approximate surface area is 115 Å². The second kappa shape index (κ2) is 5.48. The third kappa shape index (κ3) is 3.17. The molecule has 1 aliphatic rings. The van der Waals surface area contributed by atoms with Gasteiger partial charge in [0.2, 0.25) is 0 Å². The van der Waals surface area contributed by atoms with Crippen LogP contribution >= 0.6 is 11.6 Å². The van der Waals surface area contributed by atoms with Crippen molar-refractivity contribution in [2.24, 2.45) is 5.92 Å². The van der Waals surface area contributed by atoms with Crippen LogP contribution in [0.25, 0.3) is 0 Å². The summed E-state index contributed by atoms with van der Waals surface area (Å²) in [7, 11) is 0. The molecule has 1 aromatic carbocycles. The fourth-order valence-corrected chi connectivity index (χ4v) is 2.46. The van der Waals surface area contributed by atoms with Gasteiger partial charge in [0, 0.05) is 11.1 Å². The molecular weight excluding hydrogens is 270 g/mol. The summed E-state index contributed by atoms with van der Waals surface area (Å²) in [4.78, 5) is 22.8. The number of benzene rings is 1. The number of carbonyl (C=O) groups is 2. The lowest BCUT2D eigenvalue weighted by atomic mass is 10.1. The molecule has 0 spiro atoms. The number of phenolic OH excluding ortho intramolecular Hbond substituents is 1. The molecule has 0 aromatic heterocycles. The largest absolute Gasteiger partial charge is 0.507 e. The summed E-state index contributed by atoms with van der Waals surface area (Å²) < 4.78 is 0. The van der Waals surface area contributed by atoms with Gasteiger partial charge in [0.05, 0.1) is 11.5 Å². The van der Waals surface area contributed by atoms with E-state index in [-0.39, 0.29) is 17.4 Å². The van der Waals surface area contributed by atoms with Gasteiger partial charge in [0.15, 0.2) is 0 Å². The average molecular weight is 284 g/mol. The maximum absolute atomic E-state index is 11.9. The number of aliphatic carboxylic acids is 1. The van der Waals surface area contributed by atoms with Crippen molar-refractivity contribution in [1.82, 2.24) is 5.32 Å². The first kappa shape index (κ1) is 13.7. The third-order valence-corrected chi connectivity index (χ3v) is 3.56. The summed E-state index contributed by atoms with van der Waals surface area (Å²) >= 11 is 5.69. The van der Waals surface area contributed by atoms with Gasteiger partial charge in [0.1, 0.15) is 5.75 Å². The molecule has 102 valence electrons. The van der Waals surface area contributed by atoms with Gasteiger partial charge in [-0.2, -0.15) is 0 Å². The molecule has 1 aromatic rings. The molecule has 0 heterocycles. The first-order chi connectivity index (χ1) is 8.97. The highest BCUT2D eigenvalue weighted by Gasteiger charge is 2.30. The molecule has 0 aliphatic heterocycles. The highest BCUT2D eigenvalue weighted by atomic mass is 35.5. The number of halogens is 1. The van der Waals surface area contributed by atoms with Gasteiger partial charge in [-0.15, -0.1) is 0 Å². The van der Waals surface area contributed by atoms with Crippen LogP contribution in [0.1, 0.15) is 29.6 Å². The van der Waals surface area contributed by atoms with E-state index in [1.165, 1.54) is 18.2 Å². The Hall–Kier alpha value is -1.75. The second-order valence-corrected chi connectivity index (χ2v) is 5.12. The molecule has 19 heavy (non-hydrogen) atoms. The Morgan fingerprint density at radius 2 is 2.05 bits per heavy atom. The van der Waals surface area contributed by atoms with Crippen molar-refractivity contribution in [2.75, 3.05) is 0 Å². The number of carboxylic acid groups (broad SMARTS) is 1. The van der Waals surface area contributed by atoms with Crippen LogP contribution in [0.3, 0.4) is 0 Å². The number of carboxylic acids is 1. The van der Waals surface area contributed by atoms with Crippen LogP contribution in [-0.4, -0.2) is 28.1 Å². The van der Waals surface area contributed by atoms with Crippen molar-refractivity contribution < 1.29 is 19.8 Å². The van der Waals surface area contributed by atoms with E-state index in [2.05, 4.69) is 5.32 Å². The van der Waals surface area contributed by atoms with Crippen LogP contribution in [-0.2, 0) is 4.79 Å². The maximum Gasteiger partial charge on any atom is 0.306 e. The molecule has 1 amide bonds. The summed E-state index contributed by atoms with van der Waals surface area (Å²) in [5, 5.41) is 21.6. The Balaban J connectivity index is 2.00. The summed E-state index contributed by atoms with van der Waals surface area (Å²) in [6, 6.07) is 4.09. The van der Waals surface area contributed by atoms with Crippen LogP contribution < -0.4 is 5.32 Å². The van der Waals surface area contributed by atoms with Crippen LogP contribution in [0.2, 0.25) is 5.02 Å². The van der Waals surface area contributed by atoms with Gasteiger partial charge in [0.25, 0.3) is 5.91 Å². The smallest absolute Gasteiger partial charge is 0.306 e. The van der Waals surface area contributed by atoms with Gasteiger partial charge < -0.3 is 15.5 Å². The standard InChI is InChI=1S/C13H14ClNO4/c14-8-2-4-10(11(16)6-8)12(17)15-9-3-1-7(5-9)13(18)19/h2,4,6-7,9,16H,1,3,5H2,(H,15,17)(H,18,19)/t7-,9+/m1/s1. The van der Waals surface area contributed by atoms with Crippen LogP contribution in [0.5, 0.6) is 5.75 Å². The zero-order chi connectivity index (χ0) is 14.0. The van der Waals surface area contributed by atoms with E-state index in [4.69, 9.17) is 16.7 Å². The number of amides is 1. The lowest BCUT2D eigenvalue weighted by Gasteiger charge is -2.13. The molecular formula is C13H14ClNO4. The molecule has 1 fully saturated rings. The molecule has 0 unspecified atom stereocenters. The van der Waals surface area contributed by atoms with E-state index in [9.17, 15) is 14.7 Å². The minimum absolute atomic E-state index is 0.142. The van der Waals surface area contributed by atoms with Crippen molar-refractivity contribution in [2.45, 2.75) is 25.3 Å². The number of phenols is 1. The topological polar surface area (TPSA) is 86.6 Å². The van der Waals surface area contributed by atoms with Gasteiger partial charge in [-0.1, -0.05) is 11.6 Å². The monoisotopic (exact) mass is 283 g/mol. The van der Waals surface area contributed by atoms with Gasteiger partial charge in [-0.25, -0.2) is 0 Å². The molecule has 1 aliphatic carbocycles. The summed E-state index contributed by atoms with van der Waals surface area (Å²) in [5.41, 5.74) is 0.142. The average Bonchev–Trinajstić information content (AvgIpc) is 2.77. The molecule has 1 saturated carbocycles. The first-order valence-corrected chi connectivity index (χ1v) is 6.37. The van der Waals surface area contributed by atoms with Crippen molar-refractivity contribution in [3.05, 3.63) is 28.8 Å². The zero-order valence-electron chi connectivity index (χ0n) is 10.1. The molecule has 3 N–H and O–H groups in total. The summed E-state index contributed by atoms with van der Waals surface area (Å²) in [5.74, 6) is -1.82. The molecule has 0 bridgehead atoms. The molecule has 2 atom stereocenters. The van der Waals surface area contributed by atoms with E-state index in [1.54, 1.807) is 0 Å². The summed E-state index contributed by atoms with van der Waals surface area (Å²) in [6.45, 7) is 0. The minimum atomic E-state index is -0.828. The molecule has 0 saturated heterocycles. The highest BCUT2D eigenvalue weighted by Crippen LogP contribution is 2.27. The number of rotatable bonds is 3. The van der Waals surface area contributed by atoms with E-state index in [0.717, 1.165) is 0 Å². The Bertz CT molecular complexity index is 517. The van der Waals surface area contributed by atoms with Crippen LogP contribution in [0, 0.1) is 5.92 Å². The number of carbonyl (C=O) groups excluding carboxylic acids is 1. The molecule has 0 radical (unpaired) electrons. The summed E-state index contributed by atoms with van der Waals surface area (Å²) in [6.07, 6.45) is 1.62. The highest BCUT2D eigenvalue weighted by molar-refractivity contribution is 6.30. The van der Waals surface area contributed by atoms with Crippen LogP contribution in [0.15, 0.2) is 18.2 Å². The van der Waals surface area contributed by atoms with Crippen molar-refractivity contribution in [1.29, 1.82) is 0 Å². The van der Waals surface area contributed by atoms with Gasteiger partial charge in [-0.3, -0.25) is 9.59 Å². The molecule has 2 rings (SSSR count). The van der Waals surface area contributed by atoms with E-state index in [0.29, 0.717) is 24.3 Å². The Morgan fingerprint density at radius 3 is 2.63 bits per heavy atom. The van der Waals surface area contributed by atoms with Crippen molar-refractivity contribution >= 4 is 23.5 Å². The lowest BCUT2D eigenvalue weighted by molar-refractivity contribution is -0.141. The SMILES string of the molecule is O=C(N[C@H]1CC[C@@H](C(=O)O)C1)c1ccc(Cl)cc1O. The molecule has 6 heteroatoms. The second-order valence-electron chi connectivity index (χ2n) is 4.68. The number of nitrogens with one attached hydrogen (secondary N) is 1. The Morgan fingerprint density at radius 1 is 1.32 bits per heavy atom. The number of aromatic hydroxyl groups is 1. The number of hydrogen-bond donors (Lipinski definition) is 3. The van der Waals surface area contributed by atoms with E-state index in [1.807, 2.05) is 0 Å². The predicted molar refractivity (Wildman–Crippen MR) is 69.3 cm³/mol. The van der Waals surface area contributed by atoms with Crippen molar-refractivity contribution in [3.63, 3.8) is 0 Å². The fraction of sp³-hybridized carbons (Fsp3) is 0.385. The maximum atomic E-state index is 11.9. The van der Waals surface area contributed by atoms with E-state index >= 15 is 0 Å². The minimum Gasteiger partial charge on any atom is -0.507 e. The van der Waals surface area contributed by atoms with Crippen molar-refractivity contribution in [3.8, 4) is 5.75 Å². The third-order valence-electron chi connectivity index (χ3n) is 3.32. The quantitative estimate of drug-likeness (QED) is 0.792. The zero-order valence-corrected chi connectivity index (χ0v) is 10.9. The predicted octanol–water partition coefficient (Wildman–Crippen LogP) is 2.03. The normalized spacial score (nSPS) is 22.2. The van der Waals surface area contributed by atoms with Crippen LogP contribution in [0.4, 0.5) is 0 Å². The van der Waals surface area contributed by atoms with Gasteiger partial charge in [-0.05, 0) is 37.5 Å². The fourth-order valence-electron chi connectivity index (χ4n) is 2.30. The first-order valence-electron chi connectivity index (χ1n) is 5.99. The van der Waals surface area contributed by atoms with E-state index < -0.39 is 17.8 Å². The lowest BCUT2D eigenvalue weighted by Crippen LogP contribution is -2.33. The number of hydrogen-bond acceptors (Lipinski definition) is 3.